The van der Waals surface area contributed by atoms with Crippen LogP contribution in [0.5, 0.6) is 0 Å². The first-order valence-corrected chi connectivity index (χ1v) is 4.44. The largest absolute Gasteiger partial charge is 0.481 e. The molecule has 14 heavy (non-hydrogen) atoms. The van der Waals surface area contributed by atoms with Crippen LogP contribution >= 0.6 is 0 Å². The van der Waals surface area contributed by atoms with Crippen molar-refractivity contribution in [3.05, 3.63) is 12.7 Å². The third-order valence-corrected chi connectivity index (χ3v) is 1.62. The Balaban J connectivity index is 3.53. The topological polar surface area (TPSA) is 92.4 Å². The molecule has 80 valence electrons. The monoisotopic (exact) mass is 200 g/mol. The Kier molecular flexibility index (Phi) is 6.39. The van der Waals surface area contributed by atoms with Gasteiger partial charge in [0.15, 0.2) is 0 Å². The maximum Gasteiger partial charge on any atom is 0.303 e. The summed E-state index contributed by atoms with van der Waals surface area (Å²) in [5.74, 6) is -1.13. The number of carbonyl (C=O) groups is 2. The number of hydrogen-bond donors (Lipinski definition) is 3. The third-order valence-electron chi connectivity index (χ3n) is 1.62. The molecule has 0 bridgehead atoms. The quantitative estimate of drug-likeness (QED) is 0.394. The van der Waals surface area contributed by atoms with Gasteiger partial charge in [0.25, 0.3) is 0 Å². The van der Waals surface area contributed by atoms with Crippen LogP contribution < -0.4 is 11.1 Å². The van der Waals surface area contributed by atoms with E-state index in [-0.39, 0.29) is 12.3 Å². The van der Waals surface area contributed by atoms with Gasteiger partial charge in [-0.3, -0.25) is 9.59 Å². The van der Waals surface area contributed by atoms with Crippen molar-refractivity contribution in [2.75, 3.05) is 6.54 Å². The van der Waals surface area contributed by atoms with Crippen molar-refractivity contribution in [3.8, 4) is 0 Å². The van der Waals surface area contributed by atoms with Gasteiger partial charge in [-0.15, -0.1) is 6.58 Å². The fourth-order valence-electron chi connectivity index (χ4n) is 0.869. The maximum absolute atomic E-state index is 11.1. The van der Waals surface area contributed by atoms with Gasteiger partial charge in [-0.2, -0.15) is 0 Å². The van der Waals surface area contributed by atoms with Gasteiger partial charge in [-0.1, -0.05) is 6.08 Å². The molecule has 0 aromatic heterocycles. The van der Waals surface area contributed by atoms with Crippen LogP contribution in [-0.2, 0) is 9.59 Å². The van der Waals surface area contributed by atoms with Crippen molar-refractivity contribution in [3.63, 3.8) is 0 Å². The number of carboxylic acid groups (broad SMARTS) is 1. The average Bonchev–Trinajstić information content (AvgIpc) is 2.12. The molecule has 0 aliphatic rings. The van der Waals surface area contributed by atoms with Crippen LogP contribution in [-0.4, -0.2) is 29.6 Å². The summed E-state index contributed by atoms with van der Waals surface area (Å²) in [4.78, 5) is 21.3. The standard InChI is InChI=1S/C9H16N2O3/c1-2-4-7(10)9(14)11-6-3-5-8(12)13/h2,7H,1,3-6,10H2,(H,11,14)(H,12,13). The highest BCUT2D eigenvalue weighted by Crippen LogP contribution is 1.90. The predicted octanol–water partition coefficient (Wildman–Crippen LogP) is -0.129. The summed E-state index contributed by atoms with van der Waals surface area (Å²) in [5, 5.41) is 10.9. The van der Waals surface area contributed by atoms with Crippen LogP contribution in [0.1, 0.15) is 19.3 Å². The number of nitrogens with one attached hydrogen (secondary N) is 1. The van der Waals surface area contributed by atoms with E-state index in [1.807, 2.05) is 0 Å². The second-order valence-corrected chi connectivity index (χ2v) is 2.92. The lowest BCUT2D eigenvalue weighted by Gasteiger charge is -2.09. The molecule has 0 aliphatic heterocycles. The molecule has 1 unspecified atom stereocenters. The summed E-state index contributed by atoms with van der Waals surface area (Å²) < 4.78 is 0. The molecule has 5 heteroatoms. The van der Waals surface area contributed by atoms with Crippen molar-refractivity contribution in [2.45, 2.75) is 25.3 Å². The molecule has 0 heterocycles. The zero-order valence-electron chi connectivity index (χ0n) is 8.03. The number of nitrogens with two attached hydrogens (primary N) is 1. The van der Waals surface area contributed by atoms with Gasteiger partial charge in [0.2, 0.25) is 5.91 Å². The SMILES string of the molecule is C=CCC(N)C(=O)NCCCC(=O)O. The molecule has 0 aromatic rings. The molecule has 1 amide bonds. The van der Waals surface area contributed by atoms with Crippen molar-refractivity contribution in [1.29, 1.82) is 0 Å². The zero-order chi connectivity index (χ0) is 11.0. The maximum atomic E-state index is 11.1. The van der Waals surface area contributed by atoms with Gasteiger partial charge in [0, 0.05) is 13.0 Å². The van der Waals surface area contributed by atoms with Crippen molar-refractivity contribution >= 4 is 11.9 Å². The Morgan fingerprint density at radius 3 is 2.71 bits per heavy atom. The molecular weight excluding hydrogens is 184 g/mol. The smallest absolute Gasteiger partial charge is 0.303 e. The molecule has 4 N–H and O–H groups in total. The molecule has 0 aromatic carbocycles. The number of carboxylic acids is 1. The van der Waals surface area contributed by atoms with Gasteiger partial charge in [-0.25, -0.2) is 0 Å². The summed E-state index contributed by atoms with van der Waals surface area (Å²) in [6.07, 6.45) is 2.46. The third kappa shape index (κ3) is 6.19. The van der Waals surface area contributed by atoms with Crippen LogP contribution in [0.15, 0.2) is 12.7 Å². The fourth-order valence-corrected chi connectivity index (χ4v) is 0.869. The number of rotatable bonds is 7. The number of aliphatic carboxylic acids is 1. The minimum atomic E-state index is -0.866. The van der Waals surface area contributed by atoms with Crippen LogP contribution in [0.4, 0.5) is 0 Å². The molecular formula is C9H16N2O3. The molecule has 0 spiro atoms. The summed E-state index contributed by atoms with van der Waals surface area (Å²) in [7, 11) is 0. The van der Waals surface area contributed by atoms with E-state index in [1.165, 1.54) is 0 Å². The Morgan fingerprint density at radius 1 is 1.57 bits per heavy atom. The molecule has 0 radical (unpaired) electrons. The van der Waals surface area contributed by atoms with E-state index in [4.69, 9.17) is 10.8 Å². The van der Waals surface area contributed by atoms with E-state index in [1.54, 1.807) is 6.08 Å². The first-order chi connectivity index (χ1) is 6.57. The van der Waals surface area contributed by atoms with Gasteiger partial charge in [0.1, 0.15) is 0 Å². The Hall–Kier alpha value is -1.36. The lowest BCUT2D eigenvalue weighted by atomic mass is 10.2. The van der Waals surface area contributed by atoms with Crippen molar-refractivity contribution < 1.29 is 14.7 Å². The first-order valence-electron chi connectivity index (χ1n) is 4.44. The second-order valence-electron chi connectivity index (χ2n) is 2.92. The van der Waals surface area contributed by atoms with Crippen LogP contribution in [0.25, 0.3) is 0 Å². The summed E-state index contributed by atoms with van der Waals surface area (Å²) in [6, 6.07) is -0.586. The molecule has 0 saturated heterocycles. The minimum absolute atomic E-state index is 0.0526. The normalized spacial score (nSPS) is 11.8. The van der Waals surface area contributed by atoms with E-state index >= 15 is 0 Å². The molecule has 0 aliphatic carbocycles. The van der Waals surface area contributed by atoms with E-state index in [0.717, 1.165) is 0 Å². The average molecular weight is 200 g/mol. The predicted molar refractivity (Wildman–Crippen MR) is 52.7 cm³/mol. The van der Waals surface area contributed by atoms with E-state index in [2.05, 4.69) is 11.9 Å². The zero-order valence-corrected chi connectivity index (χ0v) is 8.03. The summed E-state index contributed by atoms with van der Waals surface area (Å²) >= 11 is 0. The number of carbonyl (C=O) groups excluding carboxylic acids is 1. The minimum Gasteiger partial charge on any atom is -0.481 e. The van der Waals surface area contributed by atoms with E-state index in [9.17, 15) is 9.59 Å². The van der Waals surface area contributed by atoms with E-state index < -0.39 is 12.0 Å². The molecule has 1 atom stereocenters. The highest BCUT2D eigenvalue weighted by atomic mass is 16.4. The molecule has 5 nitrogen and oxygen atoms in total. The van der Waals surface area contributed by atoms with E-state index in [0.29, 0.717) is 19.4 Å². The Bertz CT molecular complexity index is 216. The molecule has 0 fully saturated rings. The number of hydrogen-bond acceptors (Lipinski definition) is 3. The number of amides is 1. The van der Waals surface area contributed by atoms with Crippen LogP contribution in [0, 0.1) is 0 Å². The highest BCUT2D eigenvalue weighted by molar-refractivity contribution is 5.81. The summed E-state index contributed by atoms with van der Waals surface area (Å²) in [6.45, 7) is 3.81. The lowest BCUT2D eigenvalue weighted by Crippen LogP contribution is -2.40. The van der Waals surface area contributed by atoms with Gasteiger partial charge in [-0.05, 0) is 12.8 Å². The second kappa shape index (κ2) is 7.08. The Labute approximate surface area is 83.0 Å². The highest BCUT2D eigenvalue weighted by Gasteiger charge is 2.10. The van der Waals surface area contributed by atoms with Gasteiger partial charge >= 0.3 is 5.97 Å². The molecule has 0 rings (SSSR count). The Morgan fingerprint density at radius 2 is 2.21 bits per heavy atom. The van der Waals surface area contributed by atoms with Crippen LogP contribution in [0.3, 0.4) is 0 Å². The first kappa shape index (κ1) is 12.6. The van der Waals surface area contributed by atoms with Crippen molar-refractivity contribution in [1.82, 2.24) is 5.32 Å². The molecule has 0 saturated carbocycles. The van der Waals surface area contributed by atoms with Gasteiger partial charge in [0.05, 0.1) is 6.04 Å². The summed E-state index contributed by atoms with van der Waals surface area (Å²) in [5.41, 5.74) is 5.47. The van der Waals surface area contributed by atoms with Gasteiger partial charge < -0.3 is 16.2 Å². The lowest BCUT2D eigenvalue weighted by molar-refractivity contribution is -0.137. The van der Waals surface area contributed by atoms with Crippen LogP contribution in [0.2, 0.25) is 0 Å². The fraction of sp³-hybridized carbons (Fsp3) is 0.556. The van der Waals surface area contributed by atoms with Crippen molar-refractivity contribution in [2.24, 2.45) is 5.73 Å².